The number of ether oxygens (including phenoxy) is 2. The second-order valence-corrected chi connectivity index (χ2v) is 12.0. The number of rotatable bonds is 10. The van der Waals surface area contributed by atoms with Crippen molar-refractivity contribution in [1.29, 1.82) is 0 Å². The third-order valence-electron chi connectivity index (χ3n) is 4.54. The quantitative estimate of drug-likeness (QED) is 0.213. The molecule has 10 nitrogen and oxygen atoms in total. The molecule has 11 heteroatoms. The monoisotopic (exact) mass is 505 g/mol. The molecule has 0 fully saturated rings. The predicted octanol–water partition coefficient (Wildman–Crippen LogP) is 2.93. The van der Waals surface area contributed by atoms with Crippen molar-refractivity contribution in [2.75, 3.05) is 19.1 Å². The first-order valence-corrected chi connectivity index (χ1v) is 13.4. The van der Waals surface area contributed by atoms with Crippen molar-refractivity contribution in [3.05, 3.63) is 59.3 Å². The van der Waals surface area contributed by atoms with Crippen LogP contribution >= 0.6 is 7.37 Å². The number of anilines is 1. The number of benzene rings is 1. The van der Waals surface area contributed by atoms with Crippen LogP contribution in [0.1, 0.15) is 42.4 Å². The number of aromatic nitrogens is 1. The number of esters is 2. The highest BCUT2D eigenvalue weighted by Gasteiger charge is 2.35. The Hall–Kier alpha value is -3.07. The lowest BCUT2D eigenvalue weighted by molar-refractivity contribution is -0.155. The topological polar surface area (TPSA) is 161 Å². The summed E-state index contributed by atoms with van der Waals surface area (Å²) in [4.78, 5) is 42.3. The zero-order valence-electron chi connectivity index (χ0n) is 20.5. The average Bonchev–Trinajstić information content (AvgIpc) is 2.74. The Kier molecular flexibility index (Phi) is 9.31. The molecule has 35 heavy (non-hydrogen) atoms. The van der Waals surface area contributed by atoms with Gasteiger partial charge in [0.05, 0.1) is 0 Å². The second-order valence-electron chi connectivity index (χ2n) is 9.27. The first-order valence-electron chi connectivity index (χ1n) is 10.9. The number of nitrogen functional groups attached to an aromatic ring is 1. The first kappa shape index (κ1) is 28.2. The predicted molar refractivity (Wildman–Crippen MR) is 131 cm³/mol. The van der Waals surface area contributed by atoms with Crippen LogP contribution in [0.15, 0.2) is 42.5 Å². The maximum atomic E-state index is 13.0. The van der Waals surface area contributed by atoms with E-state index in [1.165, 1.54) is 25.5 Å². The van der Waals surface area contributed by atoms with Gasteiger partial charge in [0.15, 0.2) is 25.1 Å². The summed E-state index contributed by atoms with van der Waals surface area (Å²) in [6.07, 6.45) is -1.82. The Morgan fingerprint density at radius 2 is 1.69 bits per heavy atom. The molecule has 1 aromatic carbocycles. The summed E-state index contributed by atoms with van der Waals surface area (Å²) in [5, 5.41) is 0. The molecule has 0 aliphatic heterocycles. The maximum absolute atomic E-state index is 13.0. The number of ketones is 1. The van der Waals surface area contributed by atoms with E-state index in [4.69, 9.17) is 25.5 Å². The van der Waals surface area contributed by atoms with E-state index in [9.17, 15) is 18.9 Å². The number of Topliss-reactive ketones (excluding diaryl/α,β-unsaturated/α-hetero) is 1. The highest BCUT2D eigenvalue weighted by atomic mass is 31.2. The summed E-state index contributed by atoms with van der Waals surface area (Å²) in [6, 6.07) is 11.8. The van der Waals surface area contributed by atoms with E-state index in [1.807, 2.05) is 6.07 Å². The number of carbonyl (C=O) groups is 3. The van der Waals surface area contributed by atoms with E-state index in [0.717, 1.165) is 5.56 Å². The van der Waals surface area contributed by atoms with Crippen LogP contribution in [-0.4, -0.2) is 47.9 Å². The standard InChI is InChI=1S/C24H32N3O7P/c1-24(2,3)33-23(30)18-12-11-16(20(25)27-18)13-17(19(28)21(26)34-35(4,5)31)22(29)32-14-15-9-7-6-8-10-15/h6-12,17,21H,13-14,26H2,1-5H3,(H2,25,27)/t17?,21-/m0/s1. The Balaban J connectivity index is 2.27. The molecular formula is C24H32N3O7P. The maximum Gasteiger partial charge on any atom is 0.357 e. The molecule has 0 saturated heterocycles. The van der Waals surface area contributed by atoms with Gasteiger partial charge < -0.3 is 19.7 Å². The highest BCUT2D eigenvalue weighted by Crippen LogP contribution is 2.38. The molecule has 1 aromatic heterocycles. The molecular weight excluding hydrogens is 473 g/mol. The van der Waals surface area contributed by atoms with Gasteiger partial charge in [0, 0.05) is 13.3 Å². The fraction of sp³-hybridized carbons (Fsp3) is 0.417. The molecule has 1 heterocycles. The molecule has 0 aliphatic rings. The van der Waals surface area contributed by atoms with E-state index in [-0.39, 0.29) is 24.5 Å². The molecule has 2 aromatic rings. The Bertz CT molecular complexity index is 1110. The molecule has 0 radical (unpaired) electrons. The van der Waals surface area contributed by atoms with Gasteiger partial charge in [-0.2, -0.15) is 0 Å². The summed E-state index contributed by atoms with van der Waals surface area (Å²) in [6.45, 7) is 7.70. The lowest BCUT2D eigenvalue weighted by atomic mass is 9.94. The minimum atomic E-state index is -3.12. The van der Waals surface area contributed by atoms with Crippen molar-refractivity contribution in [2.24, 2.45) is 11.7 Å². The van der Waals surface area contributed by atoms with Crippen molar-refractivity contribution in [3.63, 3.8) is 0 Å². The van der Waals surface area contributed by atoms with Gasteiger partial charge in [0.1, 0.15) is 23.9 Å². The number of hydrogen-bond acceptors (Lipinski definition) is 10. The zero-order chi connectivity index (χ0) is 26.4. The van der Waals surface area contributed by atoms with Gasteiger partial charge in [-0.3, -0.25) is 19.9 Å². The van der Waals surface area contributed by atoms with Crippen molar-refractivity contribution >= 4 is 30.9 Å². The number of pyridine rings is 1. The van der Waals surface area contributed by atoms with Crippen LogP contribution in [0, 0.1) is 5.92 Å². The lowest BCUT2D eigenvalue weighted by Gasteiger charge is -2.21. The molecule has 0 bridgehead atoms. The minimum absolute atomic E-state index is 0.0198. The summed E-state index contributed by atoms with van der Waals surface area (Å²) in [5.74, 6) is -3.80. The van der Waals surface area contributed by atoms with Gasteiger partial charge in [-0.15, -0.1) is 0 Å². The molecule has 4 N–H and O–H groups in total. The van der Waals surface area contributed by atoms with Crippen LogP contribution in [0.2, 0.25) is 0 Å². The van der Waals surface area contributed by atoms with E-state index in [2.05, 4.69) is 4.98 Å². The van der Waals surface area contributed by atoms with Gasteiger partial charge >= 0.3 is 11.9 Å². The fourth-order valence-corrected chi connectivity index (χ4v) is 3.64. The third kappa shape index (κ3) is 9.24. The third-order valence-corrected chi connectivity index (χ3v) is 5.28. The number of nitrogens with zero attached hydrogens (tertiary/aromatic N) is 1. The minimum Gasteiger partial charge on any atom is -0.460 e. The van der Waals surface area contributed by atoms with E-state index < -0.39 is 42.8 Å². The van der Waals surface area contributed by atoms with Gasteiger partial charge in [-0.1, -0.05) is 36.4 Å². The summed E-state index contributed by atoms with van der Waals surface area (Å²) in [5.41, 5.74) is 12.1. The molecule has 2 rings (SSSR count). The first-order chi connectivity index (χ1) is 16.2. The van der Waals surface area contributed by atoms with Crippen molar-refractivity contribution < 1.29 is 32.9 Å². The summed E-state index contributed by atoms with van der Waals surface area (Å²) in [7, 11) is -3.12. The second kappa shape index (κ2) is 11.6. The number of hydrogen-bond donors (Lipinski definition) is 2. The van der Waals surface area contributed by atoms with Crippen LogP contribution < -0.4 is 11.5 Å². The number of nitrogens with two attached hydrogens (primary N) is 2. The van der Waals surface area contributed by atoms with Crippen molar-refractivity contribution in [3.8, 4) is 0 Å². The van der Waals surface area contributed by atoms with Crippen LogP contribution in [0.25, 0.3) is 0 Å². The van der Waals surface area contributed by atoms with Crippen molar-refractivity contribution in [1.82, 2.24) is 4.98 Å². The lowest BCUT2D eigenvalue weighted by Crippen LogP contribution is -2.42. The molecule has 1 unspecified atom stereocenters. The molecule has 0 aliphatic carbocycles. The van der Waals surface area contributed by atoms with Crippen LogP contribution in [0.3, 0.4) is 0 Å². The van der Waals surface area contributed by atoms with Gasteiger partial charge in [-0.05, 0) is 44.4 Å². The normalized spacial score (nSPS) is 13.5. The summed E-state index contributed by atoms with van der Waals surface area (Å²) < 4.78 is 27.8. The Labute approximate surface area is 204 Å². The molecule has 0 amide bonds. The zero-order valence-corrected chi connectivity index (χ0v) is 21.4. The largest absolute Gasteiger partial charge is 0.460 e. The van der Waals surface area contributed by atoms with Crippen LogP contribution in [0.5, 0.6) is 0 Å². The molecule has 0 saturated carbocycles. The highest BCUT2D eigenvalue weighted by molar-refractivity contribution is 7.57. The SMILES string of the molecule is CC(C)(C)OC(=O)c1ccc(CC(C(=O)OCc2ccccc2)C(=O)[C@@H](N)OP(C)(C)=O)c(N)n1. The van der Waals surface area contributed by atoms with E-state index in [1.54, 1.807) is 45.0 Å². The molecule has 2 atom stereocenters. The number of carbonyl (C=O) groups excluding carboxylic acids is 3. The Morgan fingerprint density at radius 1 is 1.06 bits per heavy atom. The van der Waals surface area contributed by atoms with Gasteiger partial charge in [0.2, 0.25) is 0 Å². The Morgan fingerprint density at radius 3 is 2.23 bits per heavy atom. The van der Waals surface area contributed by atoms with Crippen molar-refractivity contribution in [2.45, 2.75) is 45.6 Å². The average molecular weight is 506 g/mol. The smallest absolute Gasteiger partial charge is 0.357 e. The van der Waals surface area contributed by atoms with Crippen LogP contribution in [-0.2, 0) is 41.2 Å². The fourth-order valence-electron chi connectivity index (χ4n) is 2.99. The van der Waals surface area contributed by atoms with E-state index >= 15 is 0 Å². The molecule has 190 valence electrons. The van der Waals surface area contributed by atoms with Gasteiger partial charge in [-0.25, -0.2) is 9.78 Å². The van der Waals surface area contributed by atoms with Crippen LogP contribution in [0.4, 0.5) is 5.82 Å². The summed E-state index contributed by atoms with van der Waals surface area (Å²) >= 11 is 0. The molecule has 0 spiro atoms. The van der Waals surface area contributed by atoms with Gasteiger partial charge in [0.25, 0.3) is 0 Å². The van der Waals surface area contributed by atoms with E-state index in [0.29, 0.717) is 5.56 Å².